The van der Waals surface area contributed by atoms with Crippen LogP contribution < -0.4 is 4.90 Å². The van der Waals surface area contributed by atoms with Gasteiger partial charge < -0.3 is 4.90 Å². The largest absolute Gasteiger partial charge is 0.323 e. The Balaban J connectivity index is 1.59. The van der Waals surface area contributed by atoms with Gasteiger partial charge in [0, 0.05) is 17.3 Å². The van der Waals surface area contributed by atoms with Gasteiger partial charge in [0.05, 0.1) is 23.1 Å². The fourth-order valence-corrected chi connectivity index (χ4v) is 3.66. The zero-order valence-electron chi connectivity index (χ0n) is 14.3. The molecular weight excluding hydrogens is 336 g/mol. The molecule has 0 unspecified atom stereocenters. The minimum Gasteiger partial charge on any atom is -0.323 e. The predicted octanol–water partition coefficient (Wildman–Crippen LogP) is 3.76. The summed E-state index contributed by atoms with van der Waals surface area (Å²) < 4.78 is 0. The summed E-state index contributed by atoms with van der Waals surface area (Å²) in [6.07, 6.45) is 5.48. The number of nitriles is 1. The summed E-state index contributed by atoms with van der Waals surface area (Å²) in [7, 11) is 0. The van der Waals surface area contributed by atoms with E-state index in [4.69, 9.17) is 4.98 Å². The summed E-state index contributed by atoms with van der Waals surface area (Å²) in [5.74, 6) is 0.162. The molecule has 3 heterocycles. The molecule has 0 amide bonds. The molecule has 27 heavy (non-hydrogen) atoms. The van der Waals surface area contributed by atoms with E-state index in [2.05, 4.69) is 11.1 Å². The summed E-state index contributed by atoms with van der Waals surface area (Å²) in [6.45, 7) is 0. The highest BCUT2D eigenvalue weighted by Gasteiger charge is 2.41. The van der Waals surface area contributed by atoms with Crippen molar-refractivity contribution >= 4 is 22.6 Å². The van der Waals surface area contributed by atoms with Gasteiger partial charge >= 0.3 is 0 Å². The van der Waals surface area contributed by atoms with Gasteiger partial charge in [0.1, 0.15) is 11.6 Å². The average Bonchev–Trinajstić information content (AvgIpc) is 3.04. The quantitative estimate of drug-likeness (QED) is 0.658. The summed E-state index contributed by atoms with van der Waals surface area (Å²) in [6, 6.07) is 18.8. The van der Waals surface area contributed by atoms with E-state index in [9.17, 15) is 10.1 Å². The smallest absolute Gasteiger partial charge is 0.192 e. The van der Waals surface area contributed by atoms with Gasteiger partial charge in [0.2, 0.25) is 0 Å². The van der Waals surface area contributed by atoms with Crippen molar-refractivity contribution in [2.24, 2.45) is 0 Å². The molecule has 5 rings (SSSR count). The Kier molecular flexibility index (Phi) is 3.37. The summed E-state index contributed by atoms with van der Waals surface area (Å²) in [4.78, 5) is 24.1. The molecule has 0 aliphatic carbocycles. The van der Waals surface area contributed by atoms with Crippen molar-refractivity contribution in [2.75, 3.05) is 4.90 Å². The fraction of sp³-hybridized carbons (Fsp3) is 0.0909. The molecule has 5 heteroatoms. The van der Waals surface area contributed by atoms with Crippen molar-refractivity contribution in [3.8, 4) is 6.07 Å². The number of para-hydroxylation sites is 2. The third kappa shape index (κ3) is 2.35. The molecule has 0 fully saturated rings. The molecule has 3 aromatic rings. The molecule has 2 atom stereocenters. The van der Waals surface area contributed by atoms with Crippen LogP contribution in [0.25, 0.3) is 11.0 Å². The number of fused-ring (bicyclic) bond motifs is 4. The van der Waals surface area contributed by atoms with Gasteiger partial charge in [-0.2, -0.15) is 5.26 Å². The normalized spacial score (nSPS) is 20.0. The minimum atomic E-state index is -0.472. The van der Waals surface area contributed by atoms with E-state index < -0.39 is 5.92 Å². The molecule has 0 N–H and O–H groups in total. The molecule has 2 aliphatic heterocycles. The maximum Gasteiger partial charge on any atom is 0.192 e. The predicted molar refractivity (Wildman–Crippen MR) is 102 cm³/mol. The standard InChI is InChI=1S/C22H14N4O/c23-13-16-19-12-15(21(27)14-6-2-1-3-7-14)10-11-26(19)22-20(16)24-17-8-4-5-9-18(17)25-22/h1-12,16,19H/t16-,19+/m0/s1. The van der Waals surface area contributed by atoms with Crippen molar-refractivity contribution in [2.45, 2.75) is 12.0 Å². The van der Waals surface area contributed by atoms with Crippen LogP contribution in [0.1, 0.15) is 22.0 Å². The highest BCUT2D eigenvalue weighted by molar-refractivity contribution is 6.11. The zero-order chi connectivity index (χ0) is 18.4. The van der Waals surface area contributed by atoms with E-state index >= 15 is 0 Å². The Morgan fingerprint density at radius 1 is 1.00 bits per heavy atom. The van der Waals surface area contributed by atoms with Crippen LogP contribution in [0.15, 0.2) is 78.5 Å². The van der Waals surface area contributed by atoms with Crippen LogP contribution >= 0.6 is 0 Å². The lowest BCUT2D eigenvalue weighted by molar-refractivity contribution is 0.103. The number of anilines is 1. The monoisotopic (exact) mass is 350 g/mol. The number of Topliss-reactive ketones (excluding diaryl/α,β-unsaturated/α-hetero) is 1. The Morgan fingerprint density at radius 3 is 2.44 bits per heavy atom. The van der Waals surface area contributed by atoms with E-state index in [0.29, 0.717) is 22.6 Å². The lowest BCUT2D eigenvalue weighted by atomic mass is 9.94. The van der Waals surface area contributed by atoms with Gasteiger partial charge in [0.25, 0.3) is 0 Å². The Hall–Kier alpha value is -3.78. The first-order valence-corrected chi connectivity index (χ1v) is 8.70. The lowest BCUT2D eigenvalue weighted by Gasteiger charge is -2.25. The second kappa shape index (κ2) is 5.89. The van der Waals surface area contributed by atoms with Crippen molar-refractivity contribution in [3.63, 3.8) is 0 Å². The third-order valence-corrected chi connectivity index (χ3v) is 4.98. The minimum absolute atomic E-state index is 0.0507. The van der Waals surface area contributed by atoms with E-state index in [1.54, 1.807) is 18.2 Å². The van der Waals surface area contributed by atoms with Gasteiger partial charge in [0.15, 0.2) is 11.6 Å². The van der Waals surface area contributed by atoms with Crippen molar-refractivity contribution in [1.82, 2.24) is 9.97 Å². The van der Waals surface area contributed by atoms with Crippen LogP contribution in [0.2, 0.25) is 0 Å². The van der Waals surface area contributed by atoms with Crippen LogP contribution in [0.4, 0.5) is 5.82 Å². The first-order chi connectivity index (χ1) is 13.3. The van der Waals surface area contributed by atoms with E-state index in [1.165, 1.54) is 0 Å². The molecule has 0 saturated heterocycles. The lowest BCUT2D eigenvalue weighted by Crippen LogP contribution is -2.31. The number of allylic oxidation sites excluding steroid dienone is 2. The molecule has 1 aromatic heterocycles. The number of benzene rings is 2. The molecule has 0 bridgehead atoms. The number of nitrogens with zero attached hydrogens (tertiary/aromatic N) is 4. The Bertz CT molecular complexity index is 1170. The van der Waals surface area contributed by atoms with Gasteiger partial charge in [-0.05, 0) is 24.3 Å². The Morgan fingerprint density at radius 2 is 1.70 bits per heavy atom. The molecular formula is C22H14N4O. The zero-order valence-corrected chi connectivity index (χ0v) is 14.3. The fourth-order valence-electron chi connectivity index (χ4n) is 3.66. The molecule has 128 valence electrons. The molecule has 0 spiro atoms. The first-order valence-electron chi connectivity index (χ1n) is 8.70. The van der Waals surface area contributed by atoms with Crippen LogP contribution in [-0.4, -0.2) is 21.8 Å². The first kappa shape index (κ1) is 15.5. The number of hydrogen-bond donors (Lipinski definition) is 0. The topological polar surface area (TPSA) is 69.9 Å². The van der Waals surface area contributed by atoms with Crippen LogP contribution in [0.5, 0.6) is 0 Å². The number of carbonyl (C=O) groups is 1. The maximum atomic E-state index is 12.8. The van der Waals surface area contributed by atoms with E-state index in [-0.39, 0.29) is 11.8 Å². The van der Waals surface area contributed by atoms with Gasteiger partial charge in [-0.25, -0.2) is 9.97 Å². The maximum absolute atomic E-state index is 12.8. The molecule has 0 radical (unpaired) electrons. The third-order valence-electron chi connectivity index (χ3n) is 4.98. The van der Waals surface area contributed by atoms with Crippen molar-refractivity contribution < 1.29 is 4.79 Å². The number of carbonyl (C=O) groups excluding carboxylic acids is 1. The number of rotatable bonds is 2. The summed E-state index contributed by atoms with van der Waals surface area (Å²) in [5, 5.41) is 9.78. The van der Waals surface area contributed by atoms with Gasteiger partial charge in [-0.3, -0.25) is 4.79 Å². The molecule has 0 saturated carbocycles. The Labute approximate surface area is 155 Å². The number of ketones is 1. The van der Waals surface area contributed by atoms with Crippen LogP contribution in [0, 0.1) is 11.3 Å². The molecule has 5 nitrogen and oxygen atoms in total. The van der Waals surface area contributed by atoms with Crippen LogP contribution in [0.3, 0.4) is 0 Å². The molecule has 2 aromatic carbocycles. The highest BCUT2D eigenvalue weighted by atomic mass is 16.1. The number of aromatic nitrogens is 2. The van der Waals surface area contributed by atoms with Crippen molar-refractivity contribution in [1.29, 1.82) is 5.26 Å². The second-order valence-electron chi connectivity index (χ2n) is 6.56. The highest BCUT2D eigenvalue weighted by Crippen LogP contribution is 2.42. The van der Waals surface area contributed by atoms with E-state index in [0.717, 1.165) is 11.0 Å². The molecule has 2 aliphatic rings. The van der Waals surface area contributed by atoms with Crippen LogP contribution in [-0.2, 0) is 0 Å². The average molecular weight is 350 g/mol. The van der Waals surface area contributed by atoms with Gasteiger partial charge in [-0.15, -0.1) is 0 Å². The SMILES string of the molecule is N#C[C@@H]1c2nc3ccccc3nc2N2C=CC(C(=O)c3ccccc3)=C[C@H]12. The number of hydrogen-bond acceptors (Lipinski definition) is 5. The summed E-state index contributed by atoms with van der Waals surface area (Å²) in [5.41, 5.74) is 3.44. The van der Waals surface area contributed by atoms with E-state index in [1.807, 2.05) is 59.6 Å². The van der Waals surface area contributed by atoms with Crippen molar-refractivity contribution in [3.05, 3.63) is 89.8 Å². The summed E-state index contributed by atoms with van der Waals surface area (Å²) >= 11 is 0. The second-order valence-corrected chi connectivity index (χ2v) is 6.56. The van der Waals surface area contributed by atoms with Gasteiger partial charge in [-0.1, -0.05) is 42.5 Å².